The molecule has 28 heavy (non-hydrogen) atoms. The molecule has 3 amide bonds. The van der Waals surface area contributed by atoms with Crippen molar-refractivity contribution in [2.24, 2.45) is 11.8 Å². The van der Waals surface area contributed by atoms with Gasteiger partial charge in [-0.2, -0.15) is 0 Å². The highest BCUT2D eigenvalue weighted by Gasteiger charge is 2.71. The molecule has 0 aromatic heterocycles. The minimum atomic E-state index is -1.43. The molecule has 150 valence electrons. The molecule has 3 aliphatic heterocycles. The number of aliphatic hydroxyl groups excluding tert-OH is 1. The maximum Gasteiger partial charge on any atom is 0.250 e. The second-order valence-electron chi connectivity index (χ2n) is 7.59. The number of imide groups is 1. The zero-order valence-corrected chi connectivity index (χ0v) is 16.5. The summed E-state index contributed by atoms with van der Waals surface area (Å²) < 4.78 is 5.02. The summed E-state index contributed by atoms with van der Waals surface area (Å²) in [7, 11) is 1.49. The van der Waals surface area contributed by atoms with E-state index < -0.39 is 47.2 Å². The summed E-state index contributed by atoms with van der Waals surface area (Å²) in [4.78, 5) is 40.6. The Bertz CT molecular complexity index is 889. The average Bonchev–Trinajstić information content (AvgIpc) is 3.23. The molecule has 1 aromatic rings. The molecule has 1 aromatic carbocycles. The number of anilines is 1. The normalized spacial score (nSPS) is 32.1. The Morgan fingerprint density at radius 2 is 2.04 bits per heavy atom. The molecular formula is C19H22ClN3O5. The lowest BCUT2D eigenvalue weighted by atomic mass is 9.76. The fourth-order valence-corrected chi connectivity index (χ4v) is 4.95. The van der Waals surface area contributed by atoms with Gasteiger partial charge in [-0.3, -0.25) is 24.6 Å². The average molecular weight is 408 g/mol. The zero-order valence-electron chi connectivity index (χ0n) is 15.8. The van der Waals surface area contributed by atoms with Crippen molar-refractivity contribution in [3.05, 3.63) is 28.3 Å². The van der Waals surface area contributed by atoms with Gasteiger partial charge in [0.25, 0.3) is 0 Å². The van der Waals surface area contributed by atoms with Gasteiger partial charge in [-0.15, -0.1) is 0 Å². The number of ether oxygens (including phenoxy) is 1. The van der Waals surface area contributed by atoms with E-state index in [0.717, 1.165) is 4.90 Å². The lowest BCUT2D eigenvalue weighted by Gasteiger charge is -2.30. The Morgan fingerprint density at radius 1 is 1.32 bits per heavy atom. The van der Waals surface area contributed by atoms with Crippen molar-refractivity contribution in [1.29, 1.82) is 0 Å². The third-order valence-electron chi connectivity index (χ3n) is 6.15. The number of rotatable bonds is 4. The van der Waals surface area contributed by atoms with Crippen molar-refractivity contribution in [3.63, 3.8) is 0 Å². The predicted molar refractivity (Wildman–Crippen MR) is 101 cm³/mol. The summed E-state index contributed by atoms with van der Waals surface area (Å²) in [6.45, 7) is 3.64. The van der Waals surface area contributed by atoms with E-state index in [1.807, 2.05) is 0 Å². The van der Waals surface area contributed by atoms with E-state index in [0.29, 0.717) is 21.8 Å². The number of benzene rings is 1. The highest BCUT2D eigenvalue weighted by atomic mass is 35.5. The van der Waals surface area contributed by atoms with E-state index in [-0.39, 0.29) is 13.2 Å². The number of amides is 3. The fourth-order valence-electron chi connectivity index (χ4n) is 4.80. The number of carbonyl (C=O) groups is 3. The van der Waals surface area contributed by atoms with Crippen molar-refractivity contribution in [1.82, 2.24) is 10.2 Å². The monoisotopic (exact) mass is 407 g/mol. The van der Waals surface area contributed by atoms with Crippen molar-refractivity contribution in [2.45, 2.75) is 31.5 Å². The van der Waals surface area contributed by atoms with Crippen LogP contribution in [0.1, 0.15) is 18.1 Å². The Kier molecular flexibility index (Phi) is 4.50. The molecule has 4 rings (SSSR count). The first kappa shape index (κ1) is 19.3. The van der Waals surface area contributed by atoms with Gasteiger partial charge in [-0.1, -0.05) is 17.7 Å². The van der Waals surface area contributed by atoms with Crippen molar-refractivity contribution >= 4 is 35.0 Å². The SMILES string of the molecule is COCCN1C(=O)[C@@H]2[C@@H]([C@@H](C)O)N[C@]3(C(=O)Nc4c3ccc(Cl)c4C)[C@@H]2C1=O. The first-order valence-corrected chi connectivity index (χ1v) is 9.54. The van der Waals surface area contributed by atoms with Gasteiger partial charge in [-0.25, -0.2) is 0 Å². The van der Waals surface area contributed by atoms with Gasteiger partial charge in [0.15, 0.2) is 0 Å². The van der Waals surface area contributed by atoms with Gasteiger partial charge in [0.2, 0.25) is 17.7 Å². The number of methoxy groups -OCH3 is 1. The third kappa shape index (κ3) is 2.32. The van der Waals surface area contributed by atoms with Crippen LogP contribution in [0.4, 0.5) is 5.69 Å². The van der Waals surface area contributed by atoms with Crippen LogP contribution in [0.3, 0.4) is 0 Å². The summed E-state index contributed by atoms with van der Waals surface area (Å²) >= 11 is 6.20. The van der Waals surface area contributed by atoms with Gasteiger partial charge in [0.05, 0.1) is 36.8 Å². The Hall–Kier alpha value is -2.00. The van der Waals surface area contributed by atoms with Gasteiger partial charge < -0.3 is 15.2 Å². The largest absolute Gasteiger partial charge is 0.392 e. The van der Waals surface area contributed by atoms with Crippen LogP contribution >= 0.6 is 11.6 Å². The molecule has 0 unspecified atom stereocenters. The second kappa shape index (κ2) is 6.52. The van der Waals surface area contributed by atoms with Crippen LogP contribution in [0.5, 0.6) is 0 Å². The summed E-state index contributed by atoms with van der Waals surface area (Å²) in [5.74, 6) is -3.02. The maximum absolute atomic E-state index is 13.3. The number of likely N-dealkylation sites (tertiary alicyclic amines) is 1. The van der Waals surface area contributed by atoms with Gasteiger partial charge in [-0.05, 0) is 25.5 Å². The standard InChI is InChI=1S/C19H22ClN3O5/c1-8-11(20)5-4-10-14(8)21-18(27)19(10)13-12(15(22-19)9(2)24)16(25)23(17(13)26)6-7-28-3/h4-5,9,12-13,15,22,24H,6-7H2,1-3H3,(H,21,27)/t9-,12+,13+,15-,19+/m1/s1. The minimum Gasteiger partial charge on any atom is -0.392 e. The van der Waals surface area contributed by atoms with Crippen LogP contribution in [0.25, 0.3) is 0 Å². The van der Waals surface area contributed by atoms with Gasteiger partial charge in [0, 0.05) is 23.7 Å². The van der Waals surface area contributed by atoms with Crippen molar-refractivity contribution in [3.8, 4) is 0 Å². The molecule has 8 nitrogen and oxygen atoms in total. The van der Waals surface area contributed by atoms with Crippen LogP contribution in [0.2, 0.25) is 5.02 Å². The molecule has 2 fully saturated rings. The molecule has 5 atom stereocenters. The molecular weight excluding hydrogens is 386 g/mol. The van der Waals surface area contributed by atoms with E-state index in [4.69, 9.17) is 16.3 Å². The predicted octanol–water partition coefficient (Wildman–Crippen LogP) is 0.396. The number of carbonyl (C=O) groups excluding carboxylic acids is 3. The lowest BCUT2D eigenvalue weighted by Crippen LogP contribution is -2.55. The summed E-state index contributed by atoms with van der Waals surface area (Å²) in [5, 5.41) is 16.8. The first-order chi connectivity index (χ1) is 13.3. The molecule has 0 saturated carbocycles. The van der Waals surface area contributed by atoms with Crippen LogP contribution in [-0.2, 0) is 24.7 Å². The van der Waals surface area contributed by atoms with E-state index in [1.54, 1.807) is 26.0 Å². The molecule has 0 aliphatic carbocycles. The number of nitrogens with zero attached hydrogens (tertiary/aromatic N) is 1. The summed E-state index contributed by atoms with van der Waals surface area (Å²) in [6.07, 6.45) is -0.934. The quantitative estimate of drug-likeness (QED) is 0.623. The number of halogens is 1. The van der Waals surface area contributed by atoms with Crippen LogP contribution < -0.4 is 10.6 Å². The number of fused-ring (bicyclic) bond motifs is 4. The van der Waals surface area contributed by atoms with E-state index in [9.17, 15) is 19.5 Å². The van der Waals surface area contributed by atoms with E-state index >= 15 is 0 Å². The van der Waals surface area contributed by atoms with Crippen molar-refractivity contribution in [2.75, 3.05) is 25.6 Å². The first-order valence-electron chi connectivity index (χ1n) is 9.16. The molecule has 3 heterocycles. The smallest absolute Gasteiger partial charge is 0.250 e. The molecule has 9 heteroatoms. The van der Waals surface area contributed by atoms with Crippen molar-refractivity contribution < 1.29 is 24.2 Å². The Labute approximate surface area is 167 Å². The highest BCUT2D eigenvalue weighted by Crippen LogP contribution is 2.54. The van der Waals surface area contributed by atoms with Crippen LogP contribution in [-0.4, -0.2) is 60.1 Å². The topological polar surface area (TPSA) is 108 Å². The third-order valence-corrected chi connectivity index (χ3v) is 6.56. The summed E-state index contributed by atoms with van der Waals surface area (Å²) in [6, 6.07) is 2.64. The molecule has 2 saturated heterocycles. The molecule has 1 spiro atoms. The van der Waals surface area contributed by atoms with Crippen LogP contribution in [0, 0.1) is 18.8 Å². The Balaban J connectivity index is 1.88. The molecule has 3 N–H and O–H groups in total. The maximum atomic E-state index is 13.3. The number of hydrogen-bond donors (Lipinski definition) is 3. The fraction of sp³-hybridized carbons (Fsp3) is 0.526. The highest BCUT2D eigenvalue weighted by molar-refractivity contribution is 6.32. The van der Waals surface area contributed by atoms with E-state index in [2.05, 4.69) is 10.6 Å². The van der Waals surface area contributed by atoms with Gasteiger partial charge in [0.1, 0.15) is 5.54 Å². The van der Waals surface area contributed by atoms with Gasteiger partial charge >= 0.3 is 0 Å². The Morgan fingerprint density at radius 3 is 2.68 bits per heavy atom. The van der Waals surface area contributed by atoms with Crippen LogP contribution in [0.15, 0.2) is 12.1 Å². The second-order valence-corrected chi connectivity index (χ2v) is 8.00. The molecule has 0 bridgehead atoms. The molecule has 0 radical (unpaired) electrons. The number of hydrogen-bond acceptors (Lipinski definition) is 6. The minimum absolute atomic E-state index is 0.109. The summed E-state index contributed by atoms with van der Waals surface area (Å²) in [5.41, 5.74) is 0.389. The molecule has 3 aliphatic rings. The zero-order chi connectivity index (χ0) is 20.4. The lowest BCUT2D eigenvalue weighted by molar-refractivity contribution is -0.143. The number of aliphatic hydroxyl groups is 1. The number of nitrogens with one attached hydrogen (secondary N) is 2. The van der Waals surface area contributed by atoms with E-state index in [1.165, 1.54) is 7.11 Å².